The molecule has 0 saturated heterocycles. The Morgan fingerprint density at radius 3 is 2.45 bits per heavy atom. The summed E-state index contributed by atoms with van der Waals surface area (Å²) in [5, 5.41) is 6.36. The monoisotopic (exact) mass is 482 g/mol. The van der Waals surface area contributed by atoms with Gasteiger partial charge in [0.2, 0.25) is 0 Å². The van der Waals surface area contributed by atoms with E-state index in [1.807, 2.05) is 0 Å². The molecule has 1 amide bonds. The smallest absolute Gasteiger partial charge is 0.338 e. The summed E-state index contributed by atoms with van der Waals surface area (Å²) < 4.78 is 11.1. The molecule has 0 fully saturated rings. The second kappa shape index (κ2) is 9.25. The fourth-order valence-electron chi connectivity index (χ4n) is 3.26. The van der Waals surface area contributed by atoms with E-state index in [0.29, 0.717) is 44.1 Å². The predicted octanol–water partition coefficient (Wildman–Crippen LogP) is 6.62. The molecule has 2 aromatic carbocycles. The van der Waals surface area contributed by atoms with Crippen LogP contribution in [0, 0.1) is 0 Å². The number of hydrazone groups is 1. The Morgan fingerprint density at radius 1 is 1.06 bits per heavy atom. The van der Waals surface area contributed by atoms with Crippen LogP contribution in [-0.2, 0) is 9.53 Å². The van der Waals surface area contributed by atoms with E-state index in [1.54, 1.807) is 81.4 Å². The Hall–Kier alpha value is -3.35. The average Bonchev–Trinajstić information content (AvgIpc) is 3.36. The van der Waals surface area contributed by atoms with Crippen LogP contribution in [0.5, 0.6) is 0 Å². The standard InChI is InChI=1S/C25H20Cl2N2O4/c1-14(2)32-25(31)17-6-4-16(5-7-17)23-11-9-19(33-23)13-20-15(3)28-29(24(20)30)18-8-10-21(26)22(27)12-18/h4-14H,1-3H3/b20-13-. The highest BCUT2D eigenvalue weighted by atomic mass is 35.5. The zero-order valence-corrected chi connectivity index (χ0v) is 19.6. The van der Waals surface area contributed by atoms with Gasteiger partial charge in [-0.15, -0.1) is 0 Å². The van der Waals surface area contributed by atoms with Crippen LogP contribution in [0.15, 0.2) is 69.7 Å². The number of anilines is 1. The van der Waals surface area contributed by atoms with Crippen molar-refractivity contribution in [1.29, 1.82) is 0 Å². The highest BCUT2D eigenvalue weighted by Gasteiger charge is 2.29. The molecule has 0 unspecified atom stereocenters. The molecule has 1 aromatic heterocycles. The lowest BCUT2D eigenvalue weighted by atomic mass is 10.1. The van der Waals surface area contributed by atoms with Crippen molar-refractivity contribution in [3.05, 3.63) is 81.5 Å². The first kappa shape index (κ1) is 22.8. The molecule has 0 saturated carbocycles. The van der Waals surface area contributed by atoms with Gasteiger partial charge in [0, 0.05) is 5.56 Å². The van der Waals surface area contributed by atoms with Crippen LogP contribution in [-0.4, -0.2) is 23.7 Å². The third-order valence-electron chi connectivity index (χ3n) is 4.87. The molecule has 33 heavy (non-hydrogen) atoms. The first-order valence-electron chi connectivity index (χ1n) is 10.2. The van der Waals surface area contributed by atoms with Crippen molar-refractivity contribution >= 4 is 52.6 Å². The van der Waals surface area contributed by atoms with Gasteiger partial charge >= 0.3 is 5.97 Å². The largest absolute Gasteiger partial charge is 0.459 e. The van der Waals surface area contributed by atoms with Crippen LogP contribution in [0.3, 0.4) is 0 Å². The molecule has 4 rings (SSSR count). The number of amides is 1. The van der Waals surface area contributed by atoms with Crippen molar-refractivity contribution in [3.63, 3.8) is 0 Å². The normalized spacial score (nSPS) is 14.8. The van der Waals surface area contributed by atoms with Gasteiger partial charge in [0.15, 0.2) is 0 Å². The topological polar surface area (TPSA) is 72.1 Å². The summed E-state index contributed by atoms with van der Waals surface area (Å²) in [6.45, 7) is 5.35. The van der Waals surface area contributed by atoms with Crippen LogP contribution >= 0.6 is 23.2 Å². The van der Waals surface area contributed by atoms with Gasteiger partial charge in [0.05, 0.1) is 38.7 Å². The summed E-state index contributed by atoms with van der Waals surface area (Å²) in [6.07, 6.45) is 1.46. The lowest BCUT2D eigenvalue weighted by Gasteiger charge is -2.12. The quantitative estimate of drug-likeness (QED) is 0.302. The molecule has 3 aromatic rings. The number of carbonyl (C=O) groups is 2. The number of ether oxygens (including phenoxy) is 1. The van der Waals surface area contributed by atoms with Gasteiger partial charge in [-0.25, -0.2) is 4.79 Å². The number of esters is 1. The van der Waals surface area contributed by atoms with Crippen molar-refractivity contribution < 1.29 is 18.7 Å². The zero-order valence-electron chi connectivity index (χ0n) is 18.1. The maximum absolute atomic E-state index is 13.0. The van der Waals surface area contributed by atoms with E-state index >= 15 is 0 Å². The van der Waals surface area contributed by atoms with E-state index in [-0.39, 0.29) is 18.0 Å². The minimum Gasteiger partial charge on any atom is -0.459 e. The molecule has 168 valence electrons. The summed E-state index contributed by atoms with van der Waals surface area (Å²) in [5.41, 5.74) is 2.74. The average molecular weight is 483 g/mol. The van der Waals surface area contributed by atoms with Crippen LogP contribution in [0.25, 0.3) is 17.4 Å². The van der Waals surface area contributed by atoms with Crippen molar-refractivity contribution in [2.45, 2.75) is 26.9 Å². The molecule has 0 aliphatic carbocycles. The number of nitrogens with zero attached hydrogens (tertiary/aromatic N) is 2. The third kappa shape index (κ3) is 4.87. The van der Waals surface area contributed by atoms with Gasteiger partial charge in [-0.1, -0.05) is 35.3 Å². The second-order valence-corrected chi connectivity index (χ2v) is 8.51. The molecule has 0 N–H and O–H groups in total. The number of halogens is 2. The third-order valence-corrected chi connectivity index (χ3v) is 5.61. The molecular formula is C25H20Cl2N2O4. The van der Waals surface area contributed by atoms with Crippen LogP contribution in [0.1, 0.15) is 36.9 Å². The van der Waals surface area contributed by atoms with Crippen molar-refractivity contribution in [2.24, 2.45) is 5.10 Å². The van der Waals surface area contributed by atoms with Crippen LogP contribution in [0.2, 0.25) is 10.0 Å². The van der Waals surface area contributed by atoms with Gasteiger partial charge in [0.25, 0.3) is 5.91 Å². The molecular weight excluding hydrogens is 463 g/mol. The predicted molar refractivity (Wildman–Crippen MR) is 130 cm³/mol. The first-order chi connectivity index (χ1) is 15.7. The summed E-state index contributed by atoms with van der Waals surface area (Å²) in [6, 6.07) is 15.4. The molecule has 6 nitrogen and oxygen atoms in total. The summed E-state index contributed by atoms with van der Waals surface area (Å²) in [5.74, 6) is 0.438. The van der Waals surface area contributed by atoms with Gasteiger partial charge < -0.3 is 9.15 Å². The Balaban J connectivity index is 1.53. The molecule has 0 spiro atoms. The Labute approximate surface area is 201 Å². The summed E-state index contributed by atoms with van der Waals surface area (Å²) in [4.78, 5) is 25.0. The molecule has 1 aliphatic rings. The molecule has 1 aliphatic heterocycles. The van der Waals surface area contributed by atoms with E-state index in [0.717, 1.165) is 5.56 Å². The Kier molecular flexibility index (Phi) is 6.40. The van der Waals surface area contributed by atoms with E-state index in [2.05, 4.69) is 5.10 Å². The van der Waals surface area contributed by atoms with Gasteiger partial charge in [0.1, 0.15) is 11.5 Å². The van der Waals surface area contributed by atoms with Crippen LogP contribution in [0.4, 0.5) is 5.69 Å². The second-order valence-electron chi connectivity index (χ2n) is 7.69. The first-order valence-corrected chi connectivity index (χ1v) is 11.0. The number of hydrogen-bond acceptors (Lipinski definition) is 5. The van der Waals surface area contributed by atoms with Crippen molar-refractivity contribution in [3.8, 4) is 11.3 Å². The van der Waals surface area contributed by atoms with Gasteiger partial charge in [-0.2, -0.15) is 10.1 Å². The molecule has 2 heterocycles. The molecule has 0 atom stereocenters. The maximum Gasteiger partial charge on any atom is 0.338 e. The molecule has 0 bridgehead atoms. The minimum atomic E-state index is -0.373. The number of benzene rings is 2. The van der Waals surface area contributed by atoms with Crippen LogP contribution < -0.4 is 5.01 Å². The van der Waals surface area contributed by atoms with Crippen molar-refractivity contribution in [1.82, 2.24) is 0 Å². The fraction of sp³-hybridized carbons (Fsp3) is 0.160. The number of rotatable bonds is 5. The Bertz CT molecular complexity index is 1290. The highest BCUT2D eigenvalue weighted by molar-refractivity contribution is 6.42. The Morgan fingerprint density at radius 2 is 1.79 bits per heavy atom. The maximum atomic E-state index is 13.0. The number of hydrogen-bond donors (Lipinski definition) is 0. The summed E-state index contributed by atoms with van der Waals surface area (Å²) in [7, 11) is 0. The highest BCUT2D eigenvalue weighted by Crippen LogP contribution is 2.31. The zero-order chi connectivity index (χ0) is 23.7. The van der Waals surface area contributed by atoms with E-state index in [1.165, 1.54) is 5.01 Å². The SMILES string of the molecule is CC1=NN(c2ccc(Cl)c(Cl)c2)C(=O)/C1=C\c1ccc(-c2ccc(C(=O)OC(C)C)cc2)o1. The summed E-state index contributed by atoms with van der Waals surface area (Å²) >= 11 is 12.0. The number of carbonyl (C=O) groups excluding carboxylic acids is 2. The van der Waals surface area contributed by atoms with E-state index < -0.39 is 0 Å². The van der Waals surface area contributed by atoms with Crippen molar-refractivity contribution in [2.75, 3.05) is 5.01 Å². The van der Waals surface area contributed by atoms with Gasteiger partial charge in [-0.3, -0.25) is 4.79 Å². The lowest BCUT2D eigenvalue weighted by Crippen LogP contribution is -2.21. The lowest BCUT2D eigenvalue weighted by molar-refractivity contribution is -0.114. The molecule has 0 radical (unpaired) electrons. The fourth-order valence-corrected chi connectivity index (χ4v) is 3.55. The molecule has 8 heteroatoms. The van der Waals surface area contributed by atoms with Gasteiger partial charge in [-0.05, 0) is 69.3 Å². The minimum absolute atomic E-state index is 0.184. The van der Waals surface area contributed by atoms with E-state index in [4.69, 9.17) is 32.4 Å². The van der Waals surface area contributed by atoms with E-state index in [9.17, 15) is 9.59 Å². The number of furan rings is 1.